The predicted octanol–water partition coefficient (Wildman–Crippen LogP) is 5.59. The number of aryl methyl sites for hydroxylation is 1. The summed E-state index contributed by atoms with van der Waals surface area (Å²) in [6.45, 7) is 5.28. The van der Waals surface area contributed by atoms with Crippen LogP contribution in [-0.2, 0) is 14.8 Å². The molecular formula is C35H40N4O4S. The van der Waals surface area contributed by atoms with Crippen molar-refractivity contribution >= 4 is 44.0 Å². The Morgan fingerprint density at radius 3 is 2.23 bits per heavy atom. The molecule has 44 heavy (non-hydrogen) atoms. The third-order valence-corrected chi connectivity index (χ3v) is 9.90. The van der Waals surface area contributed by atoms with Crippen LogP contribution in [0.1, 0.15) is 35.7 Å². The van der Waals surface area contributed by atoms with E-state index in [9.17, 15) is 18.0 Å². The summed E-state index contributed by atoms with van der Waals surface area (Å²) in [5, 5.41) is 1.18. The van der Waals surface area contributed by atoms with E-state index >= 15 is 0 Å². The van der Waals surface area contributed by atoms with E-state index in [0.717, 1.165) is 12.0 Å². The van der Waals surface area contributed by atoms with Gasteiger partial charge >= 0.3 is 0 Å². The Kier molecular flexibility index (Phi) is 9.48. The summed E-state index contributed by atoms with van der Waals surface area (Å²) in [6.07, 6.45) is 1.28. The van der Waals surface area contributed by atoms with E-state index in [-0.39, 0.29) is 28.7 Å². The summed E-state index contributed by atoms with van der Waals surface area (Å²) in [7, 11) is -0.209. The highest BCUT2D eigenvalue weighted by Gasteiger charge is 2.34. The van der Waals surface area contributed by atoms with Crippen molar-refractivity contribution in [3.05, 3.63) is 102 Å². The van der Waals surface area contributed by atoms with Gasteiger partial charge in [-0.15, -0.1) is 0 Å². The van der Waals surface area contributed by atoms with Gasteiger partial charge in [0.15, 0.2) is 0 Å². The number of amides is 2. The maximum atomic E-state index is 14.1. The van der Waals surface area contributed by atoms with E-state index in [1.54, 1.807) is 23.1 Å². The van der Waals surface area contributed by atoms with E-state index in [2.05, 4.69) is 4.72 Å². The van der Waals surface area contributed by atoms with Crippen molar-refractivity contribution in [2.24, 2.45) is 5.92 Å². The lowest BCUT2D eigenvalue weighted by atomic mass is 9.90. The minimum Gasteiger partial charge on any atom is -0.341 e. The number of anilines is 2. The fourth-order valence-corrected chi connectivity index (χ4v) is 7.57. The van der Waals surface area contributed by atoms with Crippen molar-refractivity contribution in [3.8, 4) is 0 Å². The molecule has 0 bridgehead atoms. The summed E-state index contributed by atoms with van der Waals surface area (Å²) < 4.78 is 31.0. The number of carbonyl (C=O) groups is 2. The first kappa shape index (κ1) is 31.4. The smallest absolute Gasteiger partial charge is 0.263 e. The lowest BCUT2D eigenvalue weighted by Crippen LogP contribution is -2.53. The van der Waals surface area contributed by atoms with Gasteiger partial charge in [0.2, 0.25) is 15.9 Å². The Morgan fingerprint density at radius 2 is 1.55 bits per heavy atom. The Labute approximate surface area is 260 Å². The highest BCUT2D eigenvalue weighted by molar-refractivity contribution is 7.89. The maximum absolute atomic E-state index is 14.1. The van der Waals surface area contributed by atoms with Crippen molar-refractivity contribution < 1.29 is 18.0 Å². The molecule has 1 fully saturated rings. The number of nitrogens with one attached hydrogen (secondary N) is 1. The minimum absolute atomic E-state index is 0.00418. The Balaban J connectivity index is 1.51. The monoisotopic (exact) mass is 612 g/mol. The second kappa shape index (κ2) is 13.3. The number of likely N-dealkylation sites (N-methyl/N-ethyl adjacent to an activating group) is 1. The normalized spacial score (nSPS) is 17.2. The second-order valence-electron chi connectivity index (χ2n) is 11.7. The summed E-state index contributed by atoms with van der Waals surface area (Å²) in [6, 6.07) is 27.2. The number of carbonyl (C=O) groups excluding carboxylic acids is 2. The molecule has 1 N–H and O–H groups in total. The molecule has 2 amide bonds. The van der Waals surface area contributed by atoms with Crippen LogP contribution in [0.3, 0.4) is 0 Å². The molecule has 8 nitrogen and oxygen atoms in total. The zero-order valence-electron chi connectivity index (χ0n) is 25.7. The van der Waals surface area contributed by atoms with Crippen LogP contribution in [0.4, 0.5) is 11.4 Å². The van der Waals surface area contributed by atoms with Crippen LogP contribution < -0.4 is 9.62 Å². The number of likely N-dealkylation sites (tertiary alicyclic amines) is 1. The molecule has 1 saturated heterocycles. The number of piperidine rings is 1. The summed E-state index contributed by atoms with van der Waals surface area (Å²) >= 11 is 0. The average molecular weight is 613 g/mol. The van der Waals surface area contributed by atoms with Crippen LogP contribution in [0.25, 0.3) is 10.8 Å². The van der Waals surface area contributed by atoms with Crippen LogP contribution in [0, 0.1) is 12.8 Å². The first-order valence-corrected chi connectivity index (χ1v) is 16.5. The summed E-state index contributed by atoms with van der Waals surface area (Å²) in [5.41, 5.74) is 2.70. The third kappa shape index (κ3) is 6.55. The average Bonchev–Trinajstić information content (AvgIpc) is 3.01. The van der Waals surface area contributed by atoms with Gasteiger partial charge in [-0.25, -0.2) is 13.1 Å². The van der Waals surface area contributed by atoms with E-state index in [4.69, 9.17) is 0 Å². The molecule has 0 aromatic heterocycles. The van der Waals surface area contributed by atoms with E-state index in [0.29, 0.717) is 53.8 Å². The third-order valence-electron chi connectivity index (χ3n) is 8.35. The molecular weight excluding hydrogens is 572 g/mol. The molecule has 2 atom stereocenters. The van der Waals surface area contributed by atoms with Gasteiger partial charge in [0, 0.05) is 41.2 Å². The summed E-state index contributed by atoms with van der Waals surface area (Å²) in [5.74, 6) is -0.149. The molecule has 0 radical (unpaired) electrons. The number of hydrogen-bond acceptors (Lipinski definition) is 5. The van der Waals surface area contributed by atoms with Gasteiger partial charge in [-0.1, -0.05) is 74.0 Å². The lowest BCUT2D eigenvalue weighted by molar-refractivity contribution is -0.133. The van der Waals surface area contributed by atoms with Crippen LogP contribution in [0.5, 0.6) is 0 Å². The topological polar surface area (TPSA) is 90.0 Å². The van der Waals surface area contributed by atoms with Crippen LogP contribution in [0.15, 0.2) is 95.9 Å². The van der Waals surface area contributed by atoms with Crippen molar-refractivity contribution in [3.63, 3.8) is 0 Å². The number of nitrogens with zero attached hydrogens (tertiary/aromatic N) is 3. The SMILES string of the molecule is CCC1CN(C(=O)CN(C)C)CCC1NS(=O)(=O)c1ccc(N(C(=O)c2ccccc2C)c2ccccc2)c2ccccc12. The van der Waals surface area contributed by atoms with Crippen LogP contribution in [-0.4, -0.2) is 69.8 Å². The minimum atomic E-state index is -3.94. The molecule has 4 aromatic carbocycles. The second-order valence-corrected chi connectivity index (χ2v) is 13.4. The van der Waals surface area contributed by atoms with Gasteiger partial charge < -0.3 is 9.80 Å². The van der Waals surface area contributed by atoms with Gasteiger partial charge in [-0.05, 0) is 69.3 Å². The fourth-order valence-electron chi connectivity index (χ4n) is 6.02. The van der Waals surface area contributed by atoms with E-state index in [1.807, 2.05) is 111 Å². The zero-order chi connectivity index (χ0) is 31.4. The highest BCUT2D eigenvalue weighted by Crippen LogP contribution is 2.37. The number of rotatable bonds is 9. The molecule has 1 heterocycles. The van der Waals surface area contributed by atoms with E-state index in [1.165, 1.54) is 0 Å². The number of sulfonamides is 1. The lowest BCUT2D eigenvalue weighted by Gasteiger charge is -2.39. The van der Waals surface area contributed by atoms with Crippen molar-refractivity contribution in [2.75, 3.05) is 38.6 Å². The van der Waals surface area contributed by atoms with Crippen molar-refractivity contribution in [1.29, 1.82) is 0 Å². The molecule has 0 spiro atoms. The molecule has 5 rings (SSSR count). The zero-order valence-corrected chi connectivity index (χ0v) is 26.5. The van der Waals surface area contributed by atoms with Gasteiger partial charge in [-0.3, -0.25) is 14.5 Å². The molecule has 0 saturated carbocycles. The molecule has 2 unspecified atom stereocenters. The molecule has 9 heteroatoms. The fraction of sp³-hybridized carbons (Fsp3) is 0.314. The summed E-state index contributed by atoms with van der Waals surface area (Å²) in [4.78, 5) is 32.3. The number of benzene rings is 4. The first-order valence-electron chi connectivity index (χ1n) is 15.0. The van der Waals surface area contributed by atoms with Crippen LogP contribution >= 0.6 is 0 Å². The number of para-hydroxylation sites is 1. The number of hydrogen-bond donors (Lipinski definition) is 1. The van der Waals surface area contributed by atoms with Crippen molar-refractivity contribution in [1.82, 2.24) is 14.5 Å². The maximum Gasteiger partial charge on any atom is 0.263 e. The highest BCUT2D eigenvalue weighted by atomic mass is 32.2. The van der Waals surface area contributed by atoms with Gasteiger partial charge in [0.05, 0.1) is 17.1 Å². The standard InChI is InChI=1S/C35H40N4O4S/c1-5-26-23-38(34(40)24-37(3)4)22-21-31(26)36-44(42,43)33-20-19-32(29-17-11-12-18-30(29)33)39(27-14-7-6-8-15-27)35(41)28-16-10-9-13-25(28)2/h6-20,26,31,36H,5,21-24H2,1-4H3. The molecule has 4 aromatic rings. The number of fused-ring (bicyclic) bond motifs is 1. The Morgan fingerprint density at radius 1 is 0.886 bits per heavy atom. The quantitative estimate of drug-likeness (QED) is 0.266. The molecule has 230 valence electrons. The largest absolute Gasteiger partial charge is 0.341 e. The Bertz CT molecular complexity index is 1760. The molecule has 0 aliphatic carbocycles. The van der Waals surface area contributed by atoms with Crippen molar-refractivity contribution in [2.45, 2.75) is 37.6 Å². The molecule has 1 aliphatic heterocycles. The molecule has 1 aliphatic rings. The van der Waals surface area contributed by atoms with E-state index < -0.39 is 10.0 Å². The van der Waals surface area contributed by atoms with Gasteiger partial charge in [-0.2, -0.15) is 0 Å². The van der Waals surface area contributed by atoms with Gasteiger partial charge in [0.25, 0.3) is 5.91 Å². The van der Waals surface area contributed by atoms with Crippen LogP contribution in [0.2, 0.25) is 0 Å². The predicted molar refractivity (Wildman–Crippen MR) is 176 cm³/mol. The first-order chi connectivity index (χ1) is 21.1. The van der Waals surface area contributed by atoms with Gasteiger partial charge in [0.1, 0.15) is 0 Å². The Hall–Kier alpha value is -4.05.